The molecule has 2 aromatic carbocycles. The van der Waals surface area contributed by atoms with E-state index < -0.39 is 0 Å². The van der Waals surface area contributed by atoms with Gasteiger partial charge in [-0.25, -0.2) is 5.01 Å². The molecule has 3 rings (SSSR count). The zero-order valence-electron chi connectivity index (χ0n) is 12.4. The fourth-order valence-corrected chi connectivity index (χ4v) is 2.21. The number of para-hydroxylation sites is 2. The van der Waals surface area contributed by atoms with Gasteiger partial charge in [-0.15, -0.1) is 0 Å². The Kier molecular flexibility index (Phi) is 4.25. The second kappa shape index (κ2) is 6.68. The fraction of sp³-hybridized carbons (Fsp3) is 0.0526. The molecule has 0 aliphatic heterocycles. The zero-order chi connectivity index (χ0) is 15.2. The standard InChI is InChI=1S/C19H17N3/c1-16-9-5-6-13-19(16)22(18-11-3-2-4-12-18)21-15-17-10-7-8-14-20-17/h2-15H,1H3/b21-15+. The summed E-state index contributed by atoms with van der Waals surface area (Å²) in [5.41, 5.74) is 4.08. The Hall–Kier alpha value is -2.94. The molecule has 0 saturated heterocycles. The molecule has 0 N–H and O–H groups in total. The molecule has 0 spiro atoms. The molecule has 1 heterocycles. The van der Waals surface area contributed by atoms with Crippen molar-refractivity contribution < 1.29 is 0 Å². The molecule has 3 nitrogen and oxygen atoms in total. The average Bonchev–Trinajstić information content (AvgIpc) is 2.58. The van der Waals surface area contributed by atoms with Gasteiger partial charge < -0.3 is 0 Å². The number of hydrogen-bond acceptors (Lipinski definition) is 3. The summed E-state index contributed by atoms with van der Waals surface area (Å²) in [7, 11) is 0. The molecule has 0 unspecified atom stereocenters. The van der Waals surface area contributed by atoms with Crippen LogP contribution in [-0.4, -0.2) is 11.2 Å². The number of hydrogen-bond donors (Lipinski definition) is 0. The van der Waals surface area contributed by atoms with Crippen molar-refractivity contribution >= 4 is 17.6 Å². The third-order valence-electron chi connectivity index (χ3n) is 3.34. The molecule has 0 atom stereocenters. The third-order valence-corrected chi connectivity index (χ3v) is 3.34. The molecule has 108 valence electrons. The van der Waals surface area contributed by atoms with Crippen LogP contribution in [0.15, 0.2) is 84.1 Å². The van der Waals surface area contributed by atoms with Gasteiger partial charge in [0.1, 0.15) is 0 Å². The minimum Gasteiger partial charge on any atom is -0.255 e. The van der Waals surface area contributed by atoms with Crippen molar-refractivity contribution in [2.45, 2.75) is 6.92 Å². The summed E-state index contributed by atoms with van der Waals surface area (Å²) in [6.07, 6.45) is 3.54. The lowest BCUT2D eigenvalue weighted by Crippen LogP contribution is -2.10. The van der Waals surface area contributed by atoms with Crippen LogP contribution in [0.4, 0.5) is 11.4 Å². The summed E-state index contributed by atoms with van der Waals surface area (Å²) < 4.78 is 0. The molecule has 0 radical (unpaired) electrons. The molecule has 0 amide bonds. The summed E-state index contributed by atoms with van der Waals surface area (Å²) in [5.74, 6) is 0. The Morgan fingerprint density at radius 1 is 0.864 bits per heavy atom. The van der Waals surface area contributed by atoms with E-state index >= 15 is 0 Å². The lowest BCUT2D eigenvalue weighted by atomic mass is 10.2. The van der Waals surface area contributed by atoms with Crippen molar-refractivity contribution in [3.8, 4) is 0 Å². The van der Waals surface area contributed by atoms with Crippen LogP contribution in [0, 0.1) is 6.92 Å². The van der Waals surface area contributed by atoms with Crippen molar-refractivity contribution in [3.63, 3.8) is 0 Å². The van der Waals surface area contributed by atoms with Crippen LogP contribution < -0.4 is 5.01 Å². The highest BCUT2D eigenvalue weighted by Gasteiger charge is 2.09. The van der Waals surface area contributed by atoms with Crippen LogP contribution in [0.1, 0.15) is 11.3 Å². The first-order valence-corrected chi connectivity index (χ1v) is 7.20. The number of hydrazone groups is 1. The maximum atomic E-state index is 4.64. The minimum atomic E-state index is 0.831. The summed E-state index contributed by atoms with van der Waals surface area (Å²) in [6.45, 7) is 2.08. The zero-order valence-corrected chi connectivity index (χ0v) is 12.4. The summed E-state index contributed by atoms with van der Waals surface area (Å²) >= 11 is 0. The molecule has 1 aromatic heterocycles. The molecule has 3 heteroatoms. The normalized spacial score (nSPS) is 10.8. The number of aryl methyl sites for hydroxylation is 1. The Bertz CT molecular complexity index is 752. The number of benzene rings is 2. The van der Waals surface area contributed by atoms with E-state index in [2.05, 4.69) is 29.1 Å². The van der Waals surface area contributed by atoms with Crippen molar-refractivity contribution in [1.29, 1.82) is 0 Å². The van der Waals surface area contributed by atoms with Crippen LogP contribution in [-0.2, 0) is 0 Å². The van der Waals surface area contributed by atoms with E-state index in [1.54, 1.807) is 12.4 Å². The Morgan fingerprint density at radius 2 is 1.59 bits per heavy atom. The van der Waals surface area contributed by atoms with E-state index in [-0.39, 0.29) is 0 Å². The SMILES string of the molecule is Cc1ccccc1N(/N=C/c1ccccn1)c1ccccc1. The van der Waals surface area contributed by atoms with Gasteiger partial charge >= 0.3 is 0 Å². The van der Waals surface area contributed by atoms with Crippen LogP contribution in [0.25, 0.3) is 0 Å². The maximum absolute atomic E-state index is 4.64. The van der Waals surface area contributed by atoms with Crippen molar-refractivity contribution in [1.82, 2.24) is 4.98 Å². The first-order valence-electron chi connectivity index (χ1n) is 7.20. The van der Waals surface area contributed by atoms with Gasteiger partial charge in [0, 0.05) is 6.20 Å². The molecular formula is C19H17N3. The Morgan fingerprint density at radius 3 is 2.32 bits per heavy atom. The van der Waals surface area contributed by atoms with E-state index in [0.29, 0.717) is 0 Å². The predicted molar refractivity (Wildman–Crippen MR) is 91.6 cm³/mol. The van der Waals surface area contributed by atoms with Crippen LogP contribution in [0.5, 0.6) is 0 Å². The van der Waals surface area contributed by atoms with Gasteiger partial charge in [-0.1, -0.05) is 42.5 Å². The first-order chi connectivity index (χ1) is 10.8. The second-order valence-electron chi connectivity index (χ2n) is 4.93. The summed E-state index contributed by atoms with van der Waals surface area (Å²) in [6, 6.07) is 24.1. The van der Waals surface area contributed by atoms with Gasteiger partial charge in [-0.3, -0.25) is 4.98 Å². The van der Waals surface area contributed by atoms with Crippen molar-refractivity contribution in [2.24, 2.45) is 5.10 Å². The fourth-order valence-electron chi connectivity index (χ4n) is 2.21. The molecule has 0 aliphatic rings. The quantitative estimate of drug-likeness (QED) is 0.520. The summed E-state index contributed by atoms with van der Waals surface area (Å²) in [5, 5.41) is 6.58. The van der Waals surface area contributed by atoms with E-state index in [9.17, 15) is 0 Å². The molecule has 0 bridgehead atoms. The maximum Gasteiger partial charge on any atom is 0.0830 e. The number of anilines is 2. The van der Waals surface area contributed by atoms with Crippen LogP contribution in [0.3, 0.4) is 0 Å². The first kappa shape index (κ1) is 14.0. The highest BCUT2D eigenvalue weighted by molar-refractivity contribution is 5.79. The Labute approximate surface area is 130 Å². The lowest BCUT2D eigenvalue weighted by Gasteiger charge is -2.21. The number of pyridine rings is 1. The topological polar surface area (TPSA) is 28.5 Å². The van der Waals surface area contributed by atoms with Gasteiger partial charge in [-0.2, -0.15) is 5.10 Å². The van der Waals surface area contributed by atoms with Crippen molar-refractivity contribution in [2.75, 3.05) is 5.01 Å². The number of rotatable bonds is 4. The van der Waals surface area contributed by atoms with E-state index in [1.807, 2.05) is 65.7 Å². The van der Waals surface area contributed by atoms with Gasteiger partial charge in [0.2, 0.25) is 0 Å². The largest absolute Gasteiger partial charge is 0.255 e. The van der Waals surface area contributed by atoms with E-state index in [4.69, 9.17) is 0 Å². The van der Waals surface area contributed by atoms with Crippen LogP contribution >= 0.6 is 0 Å². The average molecular weight is 287 g/mol. The van der Waals surface area contributed by atoms with Crippen LogP contribution in [0.2, 0.25) is 0 Å². The predicted octanol–water partition coefficient (Wildman–Crippen LogP) is 4.56. The van der Waals surface area contributed by atoms with Gasteiger partial charge in [0.15, 0.2) is 0 Å². The van der Waals surface area contributed by atoms with Crippen molar-refractivity contribution in [3.05, 3.63) is 90.3 Å². The van der Waals surface area contributed by atoms with E-state index in [0.717, 1.165) is 17.1 Å². The monoisotopic (exact) mass is 287 g/mol. The number of nitrogens with zero attached hydrogens (tertiary/aromatic N) is 3. The minimum absolute atomic E-state index is 0.831. The van der Waals surface area contributed by atoms with Gasteiger partial charge in [0.25, 0.3) is 0 Å². The smallest absolute Gasteiger partial charge is 0.0830 e. The second-order valence-corrected chi connectivity index (χ2v) is 4.93. The number of aromatic nitrogens is 1. The highest BCUT2D eigenvalue weighted by Crippen LogP contribution is 2.28. The molecule has 22 heavy (non-hydrogen) atoms. The molecule has 3 aromatic rings. The van der Waals surface area contributed by atoms with Gasteiger partial charge in [-0.05, 0) is 42.8 Å². The summed E-state index contributed by atoms with van der Waals surface area (Å²) in [4.78, 5) is 4.28. The molecule has 0 saturated carbocycles. The molecule has 0 aliphatic carbocycles. The molecular weight excluding hydrogens is 270 g/mol. The van der Waals surface area contributed by atoms with E-state index in [1.165, 1.54) is 5.56 Å². The Balaban J connectivity index is 2.01. The highest BCUT2D eigenvalue weighted by atomic mass is 15.5. The third kappa shape index (κ3) is 3.20. The van der Waals surface area contributed by atoms with Gasteiger partial charge in [0.05, 0.1) is 23.3 Å². The molecule has 0 fully saturated rings. The lowest BCUT2D eigenvalue weighted by molar-refractivity contribution is 1.08.